The second-order valence-electron chi connectivity index (χ2n) is 2.98. The molecule has 0 bridgehead atoms. The third-order valence-electron chi connectivity index (χ3n) is 1.91. The summed E-state index contributed by atoms with van der Waals surface area (Å²) in [6.45, 7) is 2.00. The summed E-state index contributed by atoms with van der Waals surface area (Å²) in [6.07, 6.45) is 1.63. The van der Waals surface area contributed by atoms with Crippen molar-refractivity contribution in [3.8, 4) is 5.69 Å². The highest BCUT2D eigenvalue weighted by Crippen LogP contribution is 2.05. The molecule has 1 aromatic heterocycles. The van der Waals surface area contributed by atoms with E-state index in [-0.39, 0.29) is 5.56 Å². The van der Waals surface area contributed by atoms with Crippen molar-refractivity contribution in [2.24, 2.45) is 0 Å². The summed E-state index contributed by atoms with van der Waals surface area (Å²) in [5.41, 5.74) is 1.97. The molecule has 1 N–H and O–H groups in total. The lowest BCUT2D eigenvalue weighted by Gasteiger charge is -2.01. The van der Waals surface area contributed by atoms with E-state index >= 15 is 0 Å². The van der Waals surface area contributed by atoms with Crippen LogP contribution in [-0.2, 0) is 0 Å². The zero-order valence-electron chi connectivity index (χ0n) is 7.32. The van der Waals surface area contributed by atoms with E-state index in [2.05, 4.69) is 5.10 Å². The number of aryl methyl sites for hydroxylation is 1. The Labute approximate surface area is 75.6 Å². The number of hydrogen-bond donors (Lipinski definition) is 1. The highest BCUT2D eigenvalue weighted by atomic mass is 16.1. The first kappa shape index (κ1) is 7.86. The highest BCUT2D eigenvalue weighted by molar-refractivity contribution is 5.34. The Bertz CT molecular complexity index is 468. The predicted octanol–water partition coefficient (Wildman–Crippen LogP) is 1.47. The van der Waals surface area contributed by atoms with Gasteiger partial charge in [-0.2, -0.15) is 0 Å². The summed E-state index contributed by atoms with van der Waals surface area (Å²) >= 11 is 0. The first-order valence-electron chi connectivity index (χ1n) is 4.11. The molecule has 0 saturated carbocycles. The molecule has 0 amide bonds. The standard InChI is InChI=1S/C10H10N2O/c1-8-3-2-4-9(7-8)12-10(13)5-6-11-12/h2-7,11H,1H3. The summed E-state index contributed by atoms with van der Waals surface area (Å²) in [5, 5.41) is 2.85. The normalized spacial score (nSPS) is 10.2. The van der Waals surface area contributed by atoms with E-state index in [0.717, 1.165) is 11.3 Å². The molecule has 0 spiro atoms. The molecule has 0 unspecified atom stereocenters. The first-order chi connectivity index (χ1) is 6.27. The van der Waals surface area contributed by atoms with Gasteiger partial charge in [0, 0.05) is 12.3 Å². The molecule has 2 rings (SSSR count). The van der Waals surface area contributed by atoms with E-state index in [4.69, 9.17) is 0 Å². The Kier molecular flexibility index (Phi) is 1.77. The number of aromatic amines is 1. The second-order valence-corrected chi connectivity index (χ2v) is 2.98. The molecule has 0 atom stereocenters. The van der Waals surface area contributed by atoms with E-state index in [0.29, 0.717) is 0 Å². The SMILES string of the molecule is Cc1cccc(-n2[nH]ccc2=O)c1. The molecule has 66 valence electrons. The average Bonchev–Trinajstić information content (AvgIpc) is 2.51. The summed E-state index contributed by atoms with van der Waals surface area (Å²) in [7, 11) is 0. The third-order valence-corrected chi connectivity index (χ3v) is 1.91. The Morgan fingerprint density at radius 1 is 1.31 bits per heavy atom. The zero-order chi connectivity index (χ0) is 9.26. The minimum Gasteiger partial charge on any atom is -0.298 e. The van der Waals surface area contributed by atoms with Crippen LogP contribution in [0.5, 0.6) is 0 Å². The monoisotopic (exact) mass is 174 g/mol. The van der Waals surface area contributed by atoms with Gasteiger partial charge in [0.25, 0.3) is 5.56 Å². The van der Waals surface area contributed by atoms with Gasteiger partial charge in [-0.1, -0.05) is 12.1 Å². The van der Waals surface area contributed by atoms with Gasteiger partial charge in [-0.25, -0.2) is 4.68 Å². The van der Waals surface area contributed by atoms with Gasteiger partial charge in [-0.3, -0.25) is 9.89 Å². The van der Waals surface area contributed by atoms with Crippen molar-refractivity contribution in [3.05, 3.63) is 52.4 Å². The van der Waals surface area contributed by atoms with Crippen LogP contribution >= 0.6 is 0 Å². The molecule has 0 saturated heterocycles. The van der Waals surface area contributed by atoms with E-state index in [9.17, 15) is 4.79 Å². The van der Waals surface area contributed by atoms with Crippen LogP contribution in [0.3, 0.4) is 0 Å². The van der Waals surface area contributed by atoms with Crippen LogP contribution in [0.2, 0.25) is 0 Å². The van der Waals surface area contributed by atoms with Crippen molar-refractivity contribution in [2.45, 2.75) is 6.92 Å². The van der Waals surface area contributed by atoms with Gasteiger partial charge in [0.1, 0.15) is 0 Å². The summed E-state index contributed by atoms with van der Waals surface area (Å²) < 4.78 is 1.51. The van der Waals surface area contributed by atoms with Crippen LogP contribution in [0.15, 0.2) is 41.3 Å². The summed E-state index contributed by atoms with van der Waals surface area (Å²) in [4.78, 5) is 11.3. The highest BCUT2D eigenvalue weighted by Gasteiger charge is 1.98. The smallest absolute Gasteiger partial charge is 0.271 e. The molecule has 2 aromatic rings. The van der Waals surface area contributed by atoms with E-state index in [1.807, 2.05) is 31.2 Å². The van der Waals surface area contributed by atoms with E-state index in [1.54, 1.807) is 6.20 Å². The van der Waals surface area contributed by atoms with Crippen molar-refractivity contribution >= 4 is 0 Å². The van der Waals surface area contributed by atoms with E-state index in [1.165, 1.54) is 10.7 Å². The molecule has 0 aliphatic carbocycles. The maximum absolute atomic E-state index is 11.3. The molecule has 0 aliphatic rings. The summed E-state index contributed by atoms with van der Waals surface area (Å²) in [6, 6.07) is 9.28. The van der Waals surface area contributed by atoms with Gasteiger partial charge in [0.15, 0.2) is 0 Å². The molecule has 3 nitrogen and oxygen atoms in total. The molecular weight excluding hydrogens is 164 g/mol. The molecule has 0 aliphatic heterocycles. The van der Waals surface area contributed by atoms with E-state index < -0.39 is 0 Å². The number of aromatic nitrogens is 2. The van der Waals surface area contributed by atoms with Crippen molar-refractivity contribution in [2.75, 3.05) is 0 Å². The van der Waals surface area contributed by atoms with Crippen molar-refractivity contribution < 1.29 is 0 Å². The second kappa shape index (κ2) is 2.94. The maximum Gasteiger partial charge on any atom is 0.271 e. The molecular formula is C10H10N2O. The van der Waals surface area contributed by atoms with Crippen molar-refractivity contribution in [1.82, 2.24) is 9.78 Å². The van der Waals surface area contributed by atoms with Crippen LogP contribution in [0.1, 0.15) is 5.56 Å². The molecule has 3 heteroatoms. The molecule has 1 heterocycles. The number of H-pyrrole nitrogens is 1. The number of nitrogens with one attached hydrogen (secondary N) is 1. The van der Waals surface area contributed by atoms with Gasteiger partial charge in [0.05, 0.1) is 5.69 Å². The Hall–Kier alpha value is -1.77. The Balaban J connectivity index is 2.59. The maximum atomic E-state index is 11.3. The van der Waals surface area contributed by atoms with Crippen LogP contribution in [0.25, 0.3) is 5.69 Å². The molecule has 1 aromatic carbocycles. The number of hydrogen-bond acceptors (Lipinski definition) is 1. The third kappa shape index (κ3) is 1.40. The van der Waals surface area contributed by atoms with Crippen LogP contribution in [-0.4, -0.2) is 9.78 Å². The quantitative estimate of drug-likeness (QED) is 0.698. The fraction of sp³-hybridized carbons (Fsp3) is 0.100. The number of rotatable bonds is 1. The fourth-order valence-corrected chi connectivity index (χ4v) is 1.29. The zero-order valence-corrected chi connectivity index (χ0v) is 7.32. The topological polar surface area (TPSA) is 37.8 Å². The number of nitrogens with zero attached hydrogens (tertiary/aromatic N) is 1. The minimum absolute atomic E-state index is 0.0365. The fourth-order valence-electron chi connectivity index (χ4n) is 1.29. The van der Waals surface area contributed by atoms with Crippen LogP contribution < -0.4 is 5.56 Å². The lowest BCUT2D eigenvalue weighted by Crippen LogP contribution is -2.13. The van der Waals surface area contributed by atoms with Gasteiger partial charge < -0.3 is 0 Å². The molecule has 13 heavy (non-hydrogen) atoms. The van der Waals surface area contributed by atoms with Gasteiger partial charge in [-0.05, 0) is 24.6 Å². The molecule has 0 fully saturated rings. The Morgan fingerprint density at radius 3 is 2.77 bits per heavy atom. The molecule has 0 radical (unpaired) electrons. The van der Waals surface area contributed by atoms with Crippen LogP contribution in [0, 0.1) is 6.92 Å². The van der Waals surface area contributed by atoms with Gasteiger partial charge in [0.2, 0.25) is 0 Å². The summed E-state index contributed by atoms with van der Waals surface area (Å²) in [5.74, 6) is 0. The largest absolute Gasteiger partial charge is 0.298 e. The van der Waals surface area contributed by atoms with Gasteiger partial charge >= 0.3 is 0 Å². The minimum atomic E-state index is -0.0365. The Morgan fingerprint density at radius 2 is 2.15 bits per heavy atom. The lowest BCUT2D eigenvalue weighted by molar-refractivity contribution is 0.848. The number of benzene rings is 1. The van der Waals surface area contributed by atoms with Crippen molar-refractivity contribution in [3.63, 3.8) is 0 Å². The lowest BCUT2D eigenvalue weighted by atomic mass is 10.2. The first-order valence-corrected chi connectivity index (χ1v) is 4.11. The van der Waals surface area contributed by atoms with Crippen LogP contribution in [0.4, 0.5) is 0 Å². The van der Waals surface area contributed by atoms with Crippen molar-refractivity contribution in [1.29, 1.82) is 0 Å². The van der Waals surface area contributed by atoms with Gasteiger partial charge in [-0.15, -0.1) is 0 Å². The predicted molar refractivity (Wildman–Crippen MR) is 51.1 cm³/mol. The average molecular weight is 174 g/mol.